The Kier molecular flexibility index (Phi) is 13.7. The van der Waals surface area contributed by atoms with Crippen molar-refractivity contribution in [1.29, 1.82) is 0 Å². The summed E-state index contributed by atoms with van der Waals surface area (Å²) in [6.45, 7) is 13.7. The first-order valence-corrected chi connectivity index (χ1v) is 17.6. The van der Waals surface area contributed by atoms with Crippen molar-refractivity contribution in [3.8, 4) is 20.3 Å². The van der Waals surface area contributed by atoms with Gasteiger partial charge in [-0.15, -0.1) is 22.7 Å². The van der Waals surface area contributed by atoms with Gasteiger partial charge in [-0.3, -0.25) is 0 Å². The van der Waals surface area contributed by atoms with Crippen molar-refractivity contribution in [3.63, 3.8) is 0 Å². The first-order chi connectivity index (χ1) is 18.8. The van der Waals surface area contributed by atoms with Crippen LogP contribution in [0.5, 0.6) is 0 Å². The number of benzene rings is 1. The van der Waals surface area contributed by atoms with Gasteiger partial charge in [0, 0.05) is 5.56 Å². The topological polar surface area (TPSA) is 25.8 Å². The lowest BCUT2D eigenvalue weighted by atomic mass is 9.85. The Bertz CT molecular complexity index is 1100. The zero-order valence-electron chi connectivity index (χ0n) is 25.8. The van der Waals surface area contributed by atoms with Crippen LogP contribution in [0, 0.1) is 6.92 Å². The fourth-order valence-electron chi connectivity index (χ4n) is 5.29. The molecule has 0 saturated carbocycles. The van der Waals surface area contributed by atoms with Crippen LogP contribution in [-0.2, 0) is 18.3 Å². The summed E-state index contributed by atoms with van der Waals surface area (Å²) in [4.78, 5) is 12.9. The molecule has 3 rings (SSSR count). The van der Waals surface area contributed by atoms with Gasteiger partial charge in [0.2, 0.25) is 0 Å². The molecule has 0 radical (unpaired) electrons. The summed E-state index contributed by atoms with van der Waals surface area (Å²) in [5.41, 5.74) is 8.77. The van der Waals surface area contributed by atoms with Gasteiger partial charge in [-0.2, -0.15) is 0 Å². The Morgan fingerprint density at radius 3 is 1.82 bits per heavy atom. The maximum Gasteiger partial charge on any atom is 0.124 e. The van der Waals surface area contributed by atoms with Crippen LogP contribution in [-0.4, -0.2) is 9.97 Å². The highest BCUT2D eigenvalue weighted by molar-refractivity contribution is 7.23. The second kappa shape index (κ2) is 16.7. The lowest BCUT2D eigenvalue weighted by Crippen LogP contribution is -2.11. The standard InChI is InChI=1S/C35H54N2S2/c1-7-9-11-13-15-17-19-21-30-32(38-26-36-30)33-31(22-20-18-16-14-12-10-8-2)37-34(39-33)28-23-27(3)24-29(25-28)35(4,5)6/h23-26H,7-22H2,1-6H3. The smallest absolute Gasteiger partial charge is 0.124 e. The number of rotatable bonds is 18. The number of thiazole rings is 2. The van der Waals surface area contributed by atoms with Gasteiger partial charge in [0.25, 0.3) is 0 Å². The number of hydrogen-bond acceptors (Lipinski definition) is 4. The first kappa shape index (κ1) is 32.0. The Morgan fingerprint density at radius 2 is 1.23 bits per heavy atom. The molecule has 216 valence electrons. The van der Waals surface area contributed by atoms with Crippen molar-refractivity contribution in [3.05, 3.63) is 46.2 Å². The van der Waals surface area contributed by atoms with Crippen LogP contribution >= 0.6 is 22.7 Å². The van der Waals surface area contributed by atoms with Crippen molar-refractivity contribution < 1.29 is 0 Å². The van der Waals surface area contributed by atoms with Crippen LogP contribution in [0.4, 0.5) is 0 Å². The molecule has 2 heterocycles. The molecule has 0 spiro atoms. The molecule has 1 aromatic carbocycles. The van der Waals surface area contributed by atoms with Gasteiger partial charge in [-0.05, 0) is 55.7 Å². The fourth-order valence-corrected chi connectivity index (χ4v) is 7.42. The first-order valence-electron chi connectivity index (χ1n) is 15.9. The van der Waals surface area contributed by atoms with Gasteiger partial charge >= 0.3 is 0 Å². The summed E-state index contributed by atoms with van der Waals surface area (Å²) in [7, 11) is 0. The van der Waals surface area contributed by atoms with Gasteiger partial charge < -0.3 is 0 Å². The maximum atomic E-state index is 5.32. The van der Waals surface area contributed by atoms with Crippen LogP contribution in [0.2, 0.25) is 0 Å². The van der Waals surface area contributed by atoms with Crippen molar-refractivity contribution in [2.75, 3.05) is 0 Å². The minimum absolute atomic E-state index is 0.128. The van der Waals surface area contributed by atoms with Crippen molar-refractivity contribution in [2.45, 2.75) is 150 Å². The molecule has 0 bridgehead atoms. The van der Waals surface area contributed by atoms with Crippen LogP contribution in [0.15, 0.2) is 23.7 Å². The molecule has 0 unspecified atom stereocenters. The highest BCUT2D eigenvalue weighted by Crippen LogP contribution is 2.41. The summed E-state index contributed by atoms with van der Waals surface area (Å²) in [5, 5.41) is 1.17. The van der Waals surface area contributed by atoms with Gasteiger partial charge in [-0.1, -0.05) is 123 Å². The molecule has 39 heavy (non-hydrogen) atoms. The van der Waals surface area contributed by atoms with Gasteiger partial charge in [-0.25, -0.2) is 9.97 Å². The predicted molar refractivity (Wildman–Crippen MR) is 175 cm³/mol. The number of aromatic nitrogens is 2. The van der Waals surface area contributed by atoms with E-state index in [4.69, 9.17) is 9.97 Å². The van der Waals surface area contributed by atoms with E-state index in [0.717, 1.165) is 12.8 Å². The van der Waals surface area contributed by atoms with Crippen molar-refractivity contribution in [2.24, 2.45) is 0 Å². The van der Waals surface area contributed by atoms with E-state index in [1.54, 1.807) is 0 Å². The minimum atomic E-state index is 0.128. The highest BCUT2D eigenvalue weighted by atomic mass is 32.1. The molecule has 0 saturated heterocycles. The molecule has 0 amide bonds. The number of unbranched alkanes of at least 4 members (excludes halogenated alkanes) is 12. The van der Waals surface area contributed by atoms with Gasteiger partial charge in [0.05, 0.1) is 26.7 Å². The van der Waals surface area contributed by atoms with E-state index < -0.39 is 0 Å². The molecule has 0 N–H and O–H groups in total. The Balaban J connectivity index is 1.78. The molecule has 0 aliphatic rings. The van der Waals surface area contributed by atoms with E-state index in [2.05, 4.69) is 65.3 Å². The number of aryl methyl sites for hydroxylation is 3. The Hall–Kier alpha value is -1.52. The summed E-state index contributed by atoms with van der Waals surface area (Å²) in [6.07, 6.45) is 20.9. The van der Waals surface area contributed by atoms with E-state index in [1.807, 2.05) is 22.7 Å². The monoisotopic (exact) mass is 566 g/mol. The summed E-state index contributed by atoms with van der Waals surface area (Å²) >= 11 is 3.72. The highest BCUT2D eigenvalue weighted by Gasteiger charge is 2.21. The Labute approximate surface area is 248 Å². The minimum Gasteiger partial charge on any atom is -0.249 e. The largest absolute Gasteiger partial charge is 0.249 e. The molecular weight excluding hydrogens is 513 g/mol. The van der Waals surface area contributed by atoms with Crippen LogP contribution in [0.3, 0.4) is 0 Å². The van der Waals surface area contributed by atoms with Gasteiger partial charge in [0.1, 0.15) is 5.01 Å². The third kappa shape index (κ3) is 10.4. The molecule has 2 aromatic heterocycles. The van der Waals surface area contributed by atoms with E-state index in [-0.39, 0.29) is 5.41 Å². The predicted octanol–water partition coefficient (Wildman–Crippen LogP) is 12.1. The van der Waals surface area contributed by atoms with E-state index in [9.17, 15) is 0 Å². The van der Waals surface area contributed by atoms with Crippen LogP contribution in [0.1, 0.15) is 147 Å². The molecule has 0 aliphatic heterocycles. The van der Waals surface area contributed by atoms with Crippen molar-refractivity contribution in [1.82, 2.24) is 9.97 Å². The summed E-state index contributed by atoms with van der Waals surface area (Å²) in [5.74, 6) is 0. The molecule has 2 nitrogen and oxygen atoms in total. The number of nitrogens with zero attached hydrogens (tertiary/aromatic N) is 2. The third-order valence-electron chi connectivity index (χ3n) is 7.77. The van der Waals surface area contributed by atoms with E-state index in [1.165, 1.54) is 133 Å². The number of hydrogen-bond donors (Lipinski definition) is 0. The molecule has 0 atom stereocenters. The second-order valence-electron chi connectivity index (χ2n) is 12.5. The SMILES string of the molecule is CCCCCCCCCc1ncsc1-c1sc(-c2cc(C)cc(C(C)(C)C)c2)nc1CCCCCCCCC. The van der Waals surface area contributed by atoms with Crippen LogP contribution in [0.25, 0.3) is 20.3 Å². The molecule has 0 aliphatic carbocycles. The summed E-state index contributed by atoms with van der Waals surface area (Å²) in [6, 6.07) is 7.03. The lowest BCUT2D eigenvalue weighted by Gasteiger charge is -2.20. The van der Waals surface area contributed by atoms with E-state index >= 15 is 0 Å². The molecule has 0 fully saturated rings. The lowest BCUT2D eigenvalue weighted by molar-refractivity contribution is 0.587. The van der Waals surface area contributed by atoms with Crippen LogP contribution < -0.4 is 0 Å². The second-order valence-corrected chi connectivity index (χ2v) is 14.4. The maximum absolute atomic E-state index is 5.32. The fraction of sp³-hybridized carbons (Fsp3) is 0.657. The average Bonchev–Trinajstić information content (AvgIpc) is 3.53. The molecule has 4 heteroatoms. The third-order valence-corrected chi connectivity index (χ3v) is 9.95. The zero-order valence-corrected chi connectivity index (χ0v) is 27.5. The Morgan fingerprint density at radius 1 is 0.667 bits per heavy atom. The molecular formula is C35H54N2S2. The average molecular weight is 567 g/mol. The zero-order chi connectivity index (χ0) is 28.1. The summed E-state index contributed by atoms with van der Waals surface area (Å²) < 4.78 is 0. The molecule has 3 aromatic rings. The normalized spacial score (nSPS) is 11.9. The van der Waals surface area contributed by atoms with E-state index in [0.29, 0.717) is 0 Å². The van der Waals surface area contributed by atoms with Gasteiger partial charge in [0.15, 0.2) is 0 Å². The quantitative estimate of drug-likeness (QED) is 0.143. The van der Waals surface area contributed by atoms with Crippen molar-refractivity contribution >= 4 is 22.7 Å².